The van der Waals surface area contributed by atoms with Crippen molar-refractivity contribution < 1.29 is 5.11 Å². The number of aromatic nitrogens is 3. The third kappa shape index (κ3) is 2.53. The van der Waals surface area contributed by atoms with Gasteiger partial charge in [-0.15, -0.1) is 5.10 Å². The van der Waals surface area contributed by atoms with Crippen molar-refractivity contribution in [2.24, 2.45) is 0 Å². The van der Waals surface area contributed by atoms with Gasteiger partial charge in [0, 0.05) is 5.56 Å². The van der Waals surface area contributed by atoms with Crippen molar-refractivity contribution in [3.63, 3.8) is 0 Å². The van der Waals surface area contributed by atoms with Gasteiger partial charge in [0.05, 0.1) is 12.3 Å². The second kappa shape index (κ2) is 6.12. The summed E-state index contributed by atoms with van der Waals surface area (Å²) < 4.78 is 1.83. The van der Waals surface area contributed by atoms with Crippen LogP contribution in [0.1, 0.15) is 23.7 Å². The van der Waals surface area contributed by atoms with E-state index in [4.69, 9.17) is 0 Å². The summed E-state index contributed by atoms with van der Waals surface area (Å²) in [6, 6.07) is 16.3. The summed E-state index contributed by atoms with van der Waals surface area (Å²) in [5.41, 5.74) is 5.85. The predicted octanol–water partition coefficient (Wildman–Crippen LogP) is 3.30. The molecule has 3 rings (SSSR count). The molecular formula is C18H19N3O. The highest BCUT2D eigenvalue weighted by molar-refractivity contribution is 5.65. The fraction of sp³-hybridized carbons (Fsp3) is 0.222. The Morgan fingerprint density at radius 3 is 2.45 bits per heavy atom. The minimum Gasteiger partial charge on any atom is -0.390 e. The minimum atomic E-state index is -0.127. The van der Waals surface area contributed by atoms with Gasteiger partial charge in [-0.3, -0.25) is 0 Å². The van der Waals surface area contributed by atoms with Crippen LogP contribution in [0.3, 0.4) is 0 Å². The van der Waals surface area contributed by atoms with Crippen molar-refractivity contribution in [2.75, 3.05) is 0 Å². The van der Waals surface area contributed by atoms with Crippen LogP contribution < -0.4 is 0 Å². The fourth-order valence-electron chi connectivity index (χ4n) is 2.60. The highest BCUT2D eigenvalue weighted by atomic mass is 16.3. The molecule has 4 heteroatoms. The lowest BCUT2D eigenvalue weighted by molar-refractivity contribution is 0.277. The van der Waals surface area contributed by atoms with Crippen LogP contribution in [0, 0.1) is 6.92 Å². The first kappa shape index (κ1) is 14.5. The normalized spacial score (nSPS) is 10.9. The maximum absolute atomic E-state index is 9.61. The Morgan fingerprint density at radius 1 is 1.05 bits per heavy atom. The molecule has 2 aromatic carbocycles. The zero-order valence-corrected chi connectivity index (χ0v) is 12.8. The Morgan fingerprint density at radius 2 is 1.77 bits per heavy atom. The molecule has 0 aliphatic rings. The van der Waals surface area contributed by atoms with Gasteiger partial charge >= 0.3 is 0 Å². The Hall–Kier alpha value is -2.46. The van der Waals surface area contributed by atoms with Crippen molar-refractivity contribution >= 4 is 0 Å². The van der Waals surface area contributed by atoms with Gasteiger partial charge in [-0.05, 0) is 25.0 Å². The Kier molecular flexibility index (Phi) is 4.02. The maximum Gasteiger partial charge on any atom is 0.117 e. The maximum atomic E-state index is 9.61. The number of hydrogen-bond donors (Lipinski definition) is 1. The zero-order chi connectivity index (χ0) is 15.5. The van der Waals surface area contributed by atoms with Crippen LogP contribution in [0.15, 0.2) is 48.5 Å². The molecule has 0 aliphatic heterocycles. The van der Waals surface area contributed by atoms with Gasteiger partial charge in [0.25, 0.3) is 0 Å². The monoisotopic (exact) mass is 293 g/mol. The van der Waals surface area contributed by atoms with E-state index in [2.05, 4.69) is 42.4 Å². The van der Waals surface area contributed by atoms with Crippen molar-refractivity contribution in [2.45, 2.75) is 26.9 Å². The molecular weight excluding hydrogens is 274 g/mol. The summed E-state index contributed by atoms with van der Waals surface area (Å²) in [7, 11) is 0. The molecule has 0 bridgehead atoms. The first-order valence-electron chi connectivity index (χ1n) is 7.45. The van der Waals surface area contributed by atoms with Crippen molar-refractivity contribution in [1.29, 1.82) is 0 Å². The Labute approximate surface area is 130 Å². The van der Waals surface area contributed by atoms with E-state index in [1.165, 1.54) is 11.1 Å². The number of aryl methyl sites for hydroxylation is 2. The molecule has 0 saturated carbocycles. The predicted molar refractivity (Wildman–Crippen MR) is 86.8 cm³/mol. The van der Waals surface area contributed by atoms with E-state index in [1.807, 2.05) is 35.0 Å². The van der Waals surface area contributed by atoms with Gasteiger partial charge in [-0.1, -0.05) is 60.2 Å². The van der Waals surface area contributed by atoms with E-state index in [0.717, 1.165) is 23.4 Å². The van der Waals surface area contributed by atoms with E-state index in [0.29, 0.717) is 5.69 Å². The number of aliphatic hydroxyl groups is 1. The van der Waals surface area contributed by atoms with Crippen molar-refractivity contribution in [1.82, 2.24) is 15.0 Å². The number of nitrogens with zero attached hydrogens (tertiary/aromatic N) is 3. The molecule has 0 atom stereocenters. The topological polar surface area (TPSA) is 50.9 Å². The quantitative estimate of drug-likeness (QED) is 0.803. The van der Waals surface area contributed by atoms with Gasteiger partial charge in [-0.25, -0.2) is 4.68 Å². The standard InChI is InChI=1S/C18H19N3O/c1-3-14-6-4-5-7-17(14)21-18(16(12-22)19-20-21)15-10-8-13(2)9-11-15/h4-11,22H,3,12H2,1-2H3. The first-order valence-corrected chi connectivity index (χ1v) is 7.45. The van der Waals surface area contributed by atoms with Crippen LogP contribution in [0.2, 0.25) is 0 Å². The third-order valence-electron chi connectivity index (χ3n) is 3.82. The zero-order valence-electron chi connectivity index (χ0n) is 12.8. The van der Waals surface area contributed by atoms with Gasteiger partial charge in [0.1, 0.15) is 11.4 Å². The van der Waals surface area contributed by atoms with Crippen molar-refractivity contribution in [3.05, 3.63) is 65.4 Å². The van der Waals surface area contributed by atoms with Crippen molar-refractivity contribution in [3.8, 4) is 16.9 Å². The fourth-order valence-corrected chi connectivity index (χ4v) is 2.60. The molecule has 3 aromatic rings. The molecule has 1 heterocycles. The second-order valence-electron chi connectivity index (χ2n) is 5.30. The molecule has 0 unspecified atom stereocenters. The van der Waals surface area contributed by atoms with Crippen LogP contribution >= 0.6 is 0 Å². The lowest BCUT2D eigenvalue weighted by Gasteiger charge is -2.11. The Balaban J connectivity index is 2.21. The number of hydrogen-bond acceptors (Lipinski definition) is 3. The van der Waals surface area contributed by atoms with E-state index >= 15 is 0 Å². The molecule has 0 amide bonds. The summed E-state index contributed by atoms with van der Waals surface area (Å²) in [6.07, 6.45) is 0.915. The van der Waals surface area contributed by atoms with Gasteiger partial charge < -0.3 is 5.11 Å². The van der Waals surface area contributed by atoms with E-state index < -0.39 is 0 Å². The number of rotatable bonds is 4. The van der Waals surface area contributed by atoms with Gasteiger partial charge in [-0.2, -0.15) is 0 Å². The molecule has 0 fully saturated rings. The summed E-state index contributed by atoms with van der Waals surface area (Å²) in [6.45, 7) is 4.05. The molecule has 0 spiro atoms. The van der Waals surface area contributed by atoms with E-state index in [-0.39, 0.29) is 6.61 Å². The number of aliphatic hydroxyl groups excluding tert-OH is 1. The highest BCUT2D eigenvalue weighted by Gasteiger charge is 2.17. The van der Waals surface area contributed by atoms with Gasteiger partial charge in [0.15, 0.2) is 0 Å². The van der Waals surface area contributed by atoms with Gasteiger partial charge in [0.2, 0.25) is 0 Å². The molecule has 0 aliphatic carbocycles. The average molecular weight is 293 g/mol. The molecule has 1 aromatic heterocycles. The van der Waals surface area contributed by atoms with Crippen LogP contribution in [-0.2, 0) is 13.0 Å². The number of para-hydroxylation sites is 1. The van der Waals surface area contributed by atoms with Crippen LogP contribution in [-0.4, -0.2) is 20.1 Å². The van der Waals surface area contributed by atoms with Crippen LogP contribution in [0.5, 0.6) is 0 Å². The molecule has 112 valence electrons. The molecule has 1 N–H and O–H groups in total. The molecule has 0 radical (unpaired) electrons. The summed E-state index contributed by atoms with van der Waals surface area (Å²) in [5.74, 6) is 0. The molecule has 0 saturated heterocycles. The molecule has 22 heavy (non-hydrogen) atoms. The third-order valence-corrected chi connectivity index (χ3v) is 3.82. The van der Waals surface area contributed by atoms with Crippen LogP contribution in [0.25, 0.3) is 16.9 Å². The summed E-state index contributed by atoms with van der Waals surface area (Å²) >= 11 is 0. The molecule has 4 nitrogen and oxygen atoms in total. The number of benzene rings is 2. The van der Waals surface area contributed by atoms with Crippen LogP contribution in [0.4, 0.5) is 0 Å². The SMILES string of the molecule is CCc1ccccc1-n1nnc(CO)c1-c1ccc(C)cc1. The first-order chi connectivity index (χ1) is 10.7. The lowest BCUT2D eigenvalue weighted by Crippen LogP contribution is -2.03. The summed E-state index contributed by atoms with van der Waals surface area (Å²) in [5, 5.41) is 18.0. The summed E-state index contributed by atoms with van der Waals surface area (Å²) in [4.78, 5) is 0. The average Bonchev–Trinajstić information content (AvgIpc) is 2.99. The highest BCUT2D eigenvalue weighted by Crippen LogP contribution is 2.27. The minimum absolute atomic E-state index is 0.127. The lowest BCUT2D eigenvalue weighted by atomic mass is 10.1. The Bertz CT molecular complexity index is 775. The largest absolute Gasteiger partial charge is 0.390 e. The second-order valence-corrected chi connectivity index (χ2v) is 5.30. The van der Waals surface area contributed by atoms with E-state index in [9.17, 15) is 5.11 Å². The smallest absolute Gasteiger partial charge is 0.117 e. The van der Waals surface area contributed by atoms with E-state index in [1.54, 1.807) is 0 Å².